The van der Waals surface area contributed by atoms with Crippen LogP contribution >= 0.6 is 0 Å². The predicted molar refractivity (Wildman–Crippen MR) is 103 cm³/mol. The summed E-state index contributed by atoms with van der Waals surface area (Å²) in [4.78, 5) is 25.8. The van der Waals surface area contributed by atoms with Gasteiger partial charge in [0.2, 0.25) is 0 Å². The molecular weight excluding hydrogens is 336 g/mol. The zero-order chi connectivity index (χ0) is 19.0. The van der Waals surface area contributed by atoms with Gasteiger partial charge in [0.15, 0.2) is 5.78 Å². The van der Waals surface area contributed by atoms with Crippen molar-refractivity contribution in [2.75, 3.05) is 0 Å². The molecule has 2 aromatic carbocycles. The van der Waals surface area contributed by atoms with Crippen LogP contribution in [0.1, 0.15) is 45.1 Å². The lowest BCUT2D eigenvalue weighted by Gasteiger charge is -2.27. The minimum absolute atomic E-state index is 0.000774. The van der Waals surface area contributed by atoms with Gasteiger partial charge in [-0.2, -0.15) is 5.26 Å². The Bertz CT molecular complexity index is 1120. The van der Waals surface area contributed by atoms with Gasteiger partial charge in [0, 0.05) is 23.4 Å². The SMILES string of the molecule is Cc1ccc(-n2c3c(cc(C#N)c2=O)C(=O)C[C@@H](c2ccccc2)C3)cc1. The Kier molecular flexibility index (Phi) is 4.21. The van der Waals surface area contributed by atoms with Crippen LogP contribution in [-0.4, -0.2) is 10.4 Å². The van der Waals surface area contributed by atoms with Crippen LogP contribution in [-0.2, 0) is 6.42 Å². The van der Waals surface area contributed by atoms with Gasteiger partial charge in [0.1, 0.15) is 11.6 Å². The van der Waals surface area contributed by atoms with Crippen molar-refractivity contribution in [3.8, 4) is 11.8 Å². The van der Waals surface area contributed by atoms with Crippen molar-refractivity contribution >= 4 is 5.78 Å². The first kappa shape index (κ1) is 17.0. The smallest absolute Gasteiger partial charge is 0.273 e. The van der Waals surface area contributed by atoms with E-state index < -0.39 is 0 Å². The van der Waals surface area contributed by atoms with E-state index in [9.17, 15) is 14.9 Å². The Balaban J connectivity index is 1.94. The molecule has 27 heavy (non-hydrogen) atoms. The number of Topliss-reactive ketones (excluding diaryl/α,β-unsaturated/α-hetero) is 1. The summed E-state index contributed by atoms with van der Waals surface area (Å²) in [7, 11) is 0. The Morgan fingerprint density at radius 3 is 2.37 bits per heavy atom. The highest BCUT2D eigenvalue weighted by molar-refractivity contribution is 5.99. The first-order valence-electron chi connectivity index (χ1n) is 8.92. The fourth-order valence-electron chi connectivity index (χ4n) is 3.74. The number of aryl methyl sites for hydroxylation is 1. The number of aromatic nitrogens is 1. The number of ketones is 1. The highest BCUT2D eigenvalue weighted by Crippen LogP contribution is 2.33. The Morgan fingerprint density at radius 2 is 1.70 bits per heavy atom. The van der Waals surface area contributed by atoms with Crippen LogP contribution in [0.15, 0.2) is 65.5 Å². The van der Waals surface area contributed by atoms with Crippen molar-refractivity contribution in [1.82, 2.24) is 4.57 Å². The van der Waals surface area contributed by atoms with E-state index >= 15 is 0 Å². The fraction of sp³-hybridized carbons (Fsp3) is 0.174. The summed E-state index contributed by atoms with van der Waals surface area (Å²) >= 11 is 0. The van der Waals surface area contributed by atoms with E-state index in [0.29, 0.717) is 29.8 Å². The predicted octanol–water partition coefficient (Wildman–Crippen LogP) is 3.93. The number of carbonyl (C=O) groups excluding carboxylic acids is 1. The second kappa shape index (κ2) is 6.69. The second-order valence-corrected chi connectivity index (χ2v) is 6.95. The molecule has 1 atom stereocenters. The van der Waals surface area contributed by atoms with Crippen molar-refractivity contribution < 1.29 is 4.79 Å². The third-order valence-electron chi connectivity index (χ3n) is 5.16. The zero-order valence-corrected chi connectivity index (χ0v) is 15.0. The third-order valence-corrected chi connectivity index (χ3v) is 5.16. The molecule has 0 amide bonds. The topological polar surface area (TPSA) is 62.9 Å². The van der Waals surface area contributed by atoms with Gasteiger partial charge in [-0.15, -0.1) is 0 Å². The molecule has 4 nitrogen and oxygen atoms in total. The number of hydrogen-bond donors (Lipinski definition) is 0. The van der Waals surface area contributed by atoms with Gasteiger partial charge in [-0.3, -0.25) is 14.2 Å². The van der Waals surface area contributed by atoms with Crippen molar-refractivity contribution in [3.05, 3.63) is 99.0 Å². The normalized spacial score (nSPS) is 15.9. The van der Waals surface area contributed by atoms with Crippen LogP contribution in [0.3, 0.4) is 0 Å². The molecule has 1 aromatic heterocycles. The van der Waals surface area contributed by atoms with Gasteiger partial charge in [-0.05, 0) is 43.0 Å². The maximum Gasteiger partial charge on any atom is 0.273 e. The maximum absolute atomic E-state index is 12.9. The summed E-state index contributed by atoms with van der Waals surface area (Å²) in [5.74, 6) is -0.00213. The molecule has 0 unspecified atom stereocenters. The Hall–Kier alpha value is -3.45. The van der Waals surface area contributed by atoms with Crippen LogP contribution in [0.2, 0.25) is 0 Å². The van der Waals surface area contributed by atoms with E-state index in [1.54, 1.807) is 4.57 Å². The van der Waals surface area contributed by atoms with E-state index in [0.717, 1.165) is 11.1 Å². The summed E-state index contributed by atoms with van der Waals surface area (Å²) in [5.41, 5.74) is 3.65. The van der Waals surface area contributed by atoms with Gasteiger partial charge < -0.3 is 0 Å². The molecular formula is C23H18N2O2. The van der Waals surface area contributed by atoms with Crippen LogP contribution in [0.25, 0.3) is 5.69 Å². The van der Waals surface area contributed by atoms with E-state index in [2.05, 4.69) is 0 Å². The number of nitrogens with zero attached hydrogens (tertiary/aromatic N) is 2. The molecule has 1 heterocycles. The lowest BCUT2D eigenvalue weighted by molar-refractivity contribution is 0.0962. The van der Waals surface area contributed by atoms with Gasteiger partial charge in [0.05, 0.1) is 0 Å². The molecule has 0 spiro atoms. The Labute approximate surface area is 157 Å². The lowest BCUT2D eigenvalue weighted by Crippen LogP contribution is -2.31. The monoisotopic (exact) mass is 354 g/mol. The number of pyridine rings is 1. The highest BCUT2D eigenvalue weighted by atomic mass is 16.1. The number of nitriles is 1. The van der Waals surface area contributed by atoms with Crippen molar-refractivity contribution in [2.45, 2.75) is 25.7 Å². The average Bonchev–Trinajstić information content (AvgIpc) is 2.69. The quantitative estimate of drug-likeness (QED) is 0.700. The van der Waals surface area contributed by atoms with E-state index in [1.807, 2.05) is 67.6 Å². The van der Waals surface area contributed by atoms with Crippen molar-refractivity contribution in [3.63, 3.8) is 0 Å². The number of benzene rings is 2. The van der Waals surface area contributed by atoms with E-state index in [1.165, 1.54) is 6.07 Å². The first-order valence-corrected chi connectivity index (χ1v) is 8.92. The largest absolute Gasteiger partial charge is 0.294 e. The number of hydrogen-bond acceptors (Lipinski definition) is 3. The van der Waals surface area contributed by atoms with E-state index in [-0.39, 0.29) is 22.8 Å². The molecule has 4 rings (SSSR count). The summed E-state index contributed by atoms with van der Waals surface area (Å²) in [6, 6.07) is 20.9. The van der Waals surface area contributed by atoms with Gasteiger partial charge in [-0.25, -0.2) is 0 Å². The van der Waals surface area contributed by atoms with Crippen LogP contribution in [0.4, 0.5) is 0 Å². The van der Waals surface area contributed by atoms with E-state index in [4.69, 9.17) is 0 Å². The van der Waals surface area contributed by atoms with Gasteiger partial charge >= 0.3 is 0 Å². The molecule has 1 aliphatic rings. The molecule has 0 bridgehead atoms. The van der Waals surface area contributed by atoms with Crippen LogP contribution in [0.5, 0.6) is 0 Å². The lowest BCUT2D eigenvalue weighted by atomic mass is 9.81. The molecule has 0 N–H and O–H groups in total. The first-order chi connectivity index (χ1) is 13.1. The second-order valence-electron chi connectivity index (χ2n) is 6.95. The van der Waals surface area contributed by atoms with Crippen molar-refractivity contribution in [2.24, 2.45) is 0 Å². The molecule has 0 aliphatic heterocycles. The third kappa shape index (κ3) is 2.98. The van der Waals surface area contributed by atoms with Crippen LogP contribution < -0.4 is 5.56 Å². The molecule has 0 saturated carbocycles. The highest BCUT2D eigenvalue weighted by Gasteiger charge is 2.30. The number of rotatable bonds is 2. The standard InChI is InChI=1S/C23H18N2O2/c1-15-7-9-19(10-8-15)25-21-12-17(16-5-3-2-4-6-16)13-22(26)20(21)11-18(14-24)23(25)27/h2-11,17H,12-13H2,1H3/t17-/m0/s1. The minimum atomic E-state index is -0.374. The number of carbonyl (C=O) groups is 1. The van der Waals surface area contributed by atoms with Crippen LogP contribution in [0, 0.1) is 18.3 Å². The Morgan fingerprint density at radius 1 is 1.00 bits per heavy atom. The zero-order valence-electron chi connectivity index (χ0n) is 15.0. The summed E-state index contributed by atoms with van der Waals surface area (Å²) in [6.07, 6.45) is 0.966. The van der Waals surface area contributed by atoms with Gasteiger partial charge in [0.25, 0.3) is 5.56 Å². The molecule has 3 aromatic rings. The van der Waals surface area contributed by atoms with Gasteiger partial charge in [-0.1, -0.05) is 48.0 Å². The summed E-state index contributed by atoms with van der Waals surface area (Å²) < 4.78 is 1.54. The molecule has 0 fully saturated rings. The summed E-state index contributed by atoms with van der Waals surface area (Å²) in [6.45, 7) is 1.97. The molecule has 1 aliphatic carbocycles. The molecule has 0 radical (unpaired) electrons. The minimum Gasteiger partial charge on any atom is -0.294 e. The maximum atomic E-state index is 12.9. The number of fused-ring (bicyclic) bond motifs is 1. The van der Waals surface area contributed by atoms with Crippen molar-refractivity contribution in [1.29, 1.82) is 5.26 Å². The molecule has 4 heteroatoms. The average molecular weight is 354 g/mol. The molecule has 132 valence electrons. The fourth-order valence-corrected chi connectivity index (χ4v) is 3.74. The summed E-state index contributed by atoms with van der Waals surface area (Å²) in [5, 5.41) is 9.38. The molecule has 0 saturated heterocycles.